The van der Waals surface area contributed by atoms with Gasteiger partial charge in [0.15, 0.2) is 0 Å². The van der Waals surface area contributed by atoms with Gasteiger partial charge in [-0.2, -0.15) is 0 Å². The molecule has 20 heavy (non-hydrogen) atoms. The second-order valence-corrected chi connectivity index (χ2v) is 6.90. The van der Waals surface area contributed by atoms with Crippen LogP contribution in [0.15, 0.2) is 51.8 Å². The maximum atomic E-state index is 13.8. The predicted octanol–water partition coefficient (Wildman–Crippen LogP) is 4.91. The van der Waals surface area contributed by atoms with E-state index in [1.807, 2.05) is 23.9 Å². The summed E-state index contributed by atoms with van der Waals surface area (Å²) >= 11 is 5.18. The summed E-state index contributed by atoms with van der Waals surface area (Å²) in [6.07, 6.45) is 1.08. The van der Waals surface area contributed by atoms with Crippen molar-refractivity contribution < 1.29 is 4.39 Å². The van der Waals surface area contributed by atoms with Crippen molar-refractivity contribution in [2.45, 2.75) is 23.9 Å². The van der Waals surface area contributed by atoms with Crippen LogP contribution in [0, 0.1) is 5.82 Å². The molecular formula is C16H15BrFNS. The highest BCUT2D eigenvalue weighted by atomic mass is 79.9. The number of halogens is 2. The monoisotopic (exact) mass is 351 g/mol. The highest BCUT2D eigenvalue weighted by molar-refractivity contribution is 9.10. The number of rotatable bonds is 3. The Bertz CT molecular complexity index is 617. The first kappa shape index (κ1) is 14.1. The minimum atomic E-state index is -0.162. The molecule has 0 radical (unpaired) electrons. The number of fused-ring (bicyclic) bond motifs is 1. The molecule has 1 aliphatic heterocycles. The molecule has 0 amide bonds. The first-order chi connectivity index (χ1) is 9.74. The van der Waals surface area contributed by atoms with Gasteiger partial charge < -0.3 is 5.32 Å². The Hall–Kier alpha value is -0.840. The second-order valence-electron chi connectivity index (χ2n) is 4.84. The van der Waals surface area contributed by atoms with Gasteiger partial charge in [-0.25, -0.2) is 4.39 Å². The first-order valence-corrected chi connectivity index (χ1v) is 8.41. The van der Waals surface area contributed by atoms with Gasteiger partial charge in [0.05, 0.1) is 0 Å². The first-order valence-electron chi connectivity index (χ1n) is 6.63. The van der Waals surface area contributed by atoms with Crippen LogP contribution in [-0.4, -0.2) is 5.75 Å². The van der Waals surface area contributed by atoms with Crippen LogP contribution in [0.5, 0.6) is 0 Å². The Balaban J connectivity index is 1.73. The van der Waals surface area contributed by atoms with Gasteiger partial charge in [-0.05, 0) is 35.9 Å². The molecule has 0 spiro atoms. The van der Waals surface area contributed by atoms with Crippen LogP contribution in [0.3, 0.4) is 0 Å². The van der Waals surface area contributed by atoms with Crippen molar-refractivity contribution >= 4 is 27.7 Å². The van der Waals surface area contributed by atoms with E-state index in [1.54, 1.807) is 0 Å². The van der Waals surface area contributed by atoms with Crippen LogP contribution in [0.25, 0.3) is 0 Å². The number of hydrogen-bond donors (Lipinski definition) is 1. The molecule has 1 unspecified atom stereocenters. The SMILES string of the molecule is Fc1cc(Br)ccc1CNC1CCSc2ccccc21. The minimum Gasteiger partial charge on any atom is -0.306 e. The molecule has 4 heteroatoms. The van der Waals surface area contributed by atoms with Crippen LogP contribution in [0.4, 0.5) is 4.39 Å². The van der Waals surface area contributed by atoms with Crippen LogP contribution in [-0.2, 0) is 6.54 Å². The number of benzene rings is 2. The summed E-state index contributed by atoms with van der Waals surface area (Å²) in [6, 6.07) is 14.0. The lowest BCUT2D eigenvalue weighted by atomic mass is 10.0. The number of thioether (sulfide) groups is 1. The van der Waals surface area contributed by atoms with Gasteiger partial charge >= 0.3 is 0 Å². The molecule has 1 atom stereocenters. The fraction of sp³-hybridized carbons (Fsp3) is 0.250. The van der Waals surface area contributed by atoms with Gasteiger partial charge in [0.1, 0.15) is 5.82 Å². The largest absolute Gasteiger partial charge is 0.306 e. The lowest BCUT2D eigenvalue weighted by Crippen LogP contribution is -2.24. The van der Waals surface area contributed by atoms with Crippen molar-refractivity contribution in [3.05, 3.63) is 63.9 Å². The van der Waals surface area contributed by atoms with E-state index in [4.69, 9.17) is 0 Å². The molecule has 0 aromatic heterocycles. The fourth-order valence-electron chi connectivity index (χ4n) is 2.45. The Morgan fingerprint density at radius 2 is 2.10 bits per heavy atom. The van der Waals surface area contributed by atoms with E-state index < -0.39 is 0 Å². The van der Waals surface area contributed by atoms with Crippen molar-refractivity contribution in [3.63, 3.8) is 0 Å². The Kier molecular flexibility index (Phi) is 4.44. The topological polar surface area (TPSA) is 12.0 Å². The van der Waals surface area contributed by atoms with Crippen molar-refractivity contribution in [2.24, 2.45) is 0 Å². The third kappa shape index (κ3) is 3.08. The van der Waals surface area contributed by atoms with Crippen molar-refractivity contribution in [1.29, 1.82) is 0 Å². The molecule has 1 nitrogen and oxygen atoms in total. The molecule has 0 fully saturated rings. The quantitative estimate of drug-likeness (QED) is 0.842. The standard InChI is InChI=1S/C16H15BrFNS/c17-12-6-5-11(14(18)9-12)10-19-15-7-8-20-16-4-2-1-3-13(15)16/h1-6,9,15,19H,7-8,10H2. The average Bonchev–Trinajstić information content (AvgIpc) is 2.46. The van der Waals surface area contributed by atoms with Gasteiger partial charge in [-0.15, -0.1) is 11.8 Å². The van der Waals surface area contributed by atoms with Crippen LogP contribution < -0.4 is 5.32 Å². The van der Waals surface area contributed by atoms with E-state index in [-0.39, 0.29) is 5.82 Å². The highest BCUT2D eigenvalue weighted by Crippen LogP contribution is 2.35. The number of hydrogen-bond acceptors (Lipinski definition) is 2. The molecular weight excluding hydrogens is 337 g/mol. The van der Waals surface area contributed by atoms with Crippen LogP contribution >= 0.6 is 27.7 Å². The highest BCUT2D eigenvalue weighted by Gasteiger charge is 2.19. The van der Waals surface area contributed by atoms with E-state index in [0.717, 1.165) is 16.6 Å². The van der Waals surface area contributed by atoms with E-state index in [9.17, 15) is 4.39 Å². The molecule has 3 rings (SSSR count). The Labute approximate surface area is 131 Å². The lowest BCUT2D eigenvalue weighted by Gasteiger charge is -2.26. The molecule has 0 bridgehead atoms. The zero-order valence-electron chi connectivity index (χ0n) is 10.9. The molecule has 0 saturated carbocycles. The summed E-state index contributed by atoms with van der Waals surface area (Å²) in [6.45, 7) is 0.558. The molecule has 2 aromatic carbocycles. The van der Waals surface area contributed by atoms with Crippen LogP contribution in [0.2, 0.25) is 0 Å². The summed E-state index contributed by atoms with van der Waals surface area (Å²) in [5.41, 5.74) is 2.05. The average molecular weight is 352 g/mol. The fourth-order valence-corrected chi connectivity index (χ4v) is 3.91. The van der Waals surface area contributed by atoms with Gasteiger partial charge in [0, 0.05) is 27.5 Å². The summed E-state index contributed by atoms with van der Waals surface area (Å²) in [5, 5.41) is 3.49. The summed E-state index contributed by atoms with van der Waals surface area (Å²) in [5.74, 6) is 0.947. The van der Waals surface area contributed by atoms with E-state index in [0.29, 0.717) is 18.2 Å². The molecule has 0 aliphatic carbocycles. The summed E-state index contributed by atoms with van der Waals surface area (Å²) in [7, 11) is 0. The van der Waals surface area contributed by atoms with Crippen molar-refractivity contribution in [1.82, 2.24) is 5.32 Å². The molecule has 1 heterocycles. The predicted molar refractivity (Wildman–Crippen MR) is 85.5 cm³/mol. The van der Waals surface area contributed by atoms with Gasteiger partial charge in [-0.3, -0.25) is 0 Å². The smallest absolute Gasteiger partial charge is 0.128 e. The van der Waals surface area contributed by atoms with Gasteiger partial charge in [0.25, 0.3) is 0 Å². The van der Waals surface area contributed by atoms with Crippen molar-refractivity contribution in [3.8, 4) is 0 Å². The Morgan fingerprint density at radius 3 is 2.95 bits per heavy atom. The lowest BCUT2D eigenvalue weighted by molar-refractivity contribution is 0.497. The zero-order chi connectivity index (χ0) is 13.9. The third-order valence-corrected chi connectivity index (χ3v) is 5.13. The molecule has 2 aromatic rings. The minimum absolute atomic E-state index is 0.162. The molecule has 1 aliphatic rings. The maximum Gasteiger partial charge on any atom is 0.128 e. The molecule has 104 valence electrons. The van der Waals surface area contributed by atoms with Gasteiger partial charge in [-0.1, -0.05) is 40.2 Å². The van der Waals surface area contributed by atoms with Gasteiger partial charge in [0.2, 0.25) is 0 Å². The maximum absolute atomic E-state index is 13.8. The second kappa shape index (κ2) is 6.29. The molecule has 1 N–H and O–H groups in total. The van der Waals surface area contributed by atoms with Crippen molar-refractivity contribution in [2.75, 3.05) is 5.75 Å². The molecule has 0 saturated heterocycles. The normalized spacial score (nSPS) is 17.8. The summed E-state index contributed by atoms with van der Waals surface area (Å²) < 4.78 is 14.6. The Morgan fingerprint density at radius 1 is 1.25 bits per heavy atom. The third-order valence-electron chi connectivity index (χ3n) is 3.51. The summed E-state index contributed by atoms with van der Waals surface area (Å²) in [4.78, 5) is 1.34. The van der Waals surface area contributed by atoms with E-state index in [1.165, 1.54) is 16.5 Å². The van der Waals surface area contributed by atoms with Crippen LogP contribution in [0.1, 0.15) is 23.6 Å². The number of nitrogens with one attached hydrogen (secondary N) is 1. The van der Waals surface area contributed by atoms with E-state index >= 15 is 0 Å². The zero-order valence-corrected chi connectivity index (χ0v) is 13.3. The van der Waals surface area contributed by atoms with E-state index in [2.05, 4.69) is 45.5 Å².